The summed E-state index contributed by atoms with van der Waals surface area (Å²) in [5, 5.41) is 2.45. The number of carbonyl (C=O) groups excluding carboxylic acids is 1. The maximum absolute atomic E-state index is 11.6. The number of alkyl halides is 4. The molecule has 1 atom stereocenters. The predicted molar refractivity (Wildman–Crippen MR) is 66.9 cm³/mol. The molecule has 0 aliphatic carbocycles. The summed E-state index contributed by atoms with van der Waals surface area (Å²) in [7, 11) is 0. The Kier molecular flexibility index (Phi) is 4.71. The van der Waals surface area contributed by atoms with Gasteiger partial charge >= 0.3 is 0 Å². The second kappa shape index (κ2) is 5.39. The van der Waals surface area contributed by atoms with Gasteiger partial charge in [0, 0.05) is 5.56 Å². The van der Waals surface area contributed by atoms with Crippen LogP contribution in [0.1, 0.15) is 10.4 Å². The van der Waals surface area contributed by atoms with Crippen molar-refractivity contribution in [1.82, 2.24) is 5.32 Å². The molecule has 0 saturated carbocycles. The third-order valence-electron chi connectivity index (χ3n) is 1.58. The van der Waals surface area contributed by atoms with Gasteiger partial charge in [0.2, 0.25) is 3.24 Å². The van der Waals surface area contributed by atoms with Crippen LogP contribution in [0.3, 0.4) is 0 Å². The van der Waals surface area contributed by atoms with Gasteiger partial charge in [-0.3, -0.25) is 4.79 Å². The lowest BCUT2D eigenvalue weighted by atomic mass is 10.2. The molecular weight excluding hydrogens is 324 g/mol. The van der Waals surface area contributed by atoms with E-state index < -0.39 is 8.74 Å². The maximum atomic E-state index is 11.6. The minimum atomic E-state index is -1.39. The quantitative estimate of drug-likeness (QED) is 0.666. The molecule has 0 bridgehead atoms. The van der Waals surface area contributed by atoms with Crippen LogP contribution in [0.25, 0.3) is 0 Å². The topological polar surface area (TPSA) is 29.1 Å². The summed E-state index contributed by atoms with van der Waals surface area (Å²) in [5.74, 6) is -0.333. The molecule has 0 fully saturated rings. The number of hydrogen-bond donors (Lipinski definition) is 1. The van der Waals surface area contributed by atoms with E-state index in [1.54, 1.807) is 24.3 Å². The van der Waals surface area contributed by atoms with E-state index in [0.29, 0.717) is 5.56 Å². The van der Waals surface area contributed by atoms with E-state index >= 15 is 0 Å². The first-order chi connectivity index (χ1) is 6.91. The maximum Gasteiger partial charge on any atom is 0.252 e. The first-order valence-corrected chi connectivity index (χ1v) is 5.96. The SMILES string of the molecule is O=C(NC(Cl)C(Cl)(Cl)Br)c1ccccc1. The molecule has 1 rings (SSSR count). The highest BCUT2D eigenvalue weighted by Crippen LogP contribution is 2.34. The van der Waals surface area contributed by atoms with Crippen LogP contribution in [-0.4, -0.2) is 14.7 Å². The standard InChI is InChI=1S/C9H7BrCl3NO/c10-9(12,13)8(11)14-7(15)6-4-2-1-3-5-6/h1-5,8H,(H,14,15). The Balaban J connectivity index is 2.65. The molecule has 0 heterocycles. The van der Waals surface area contributed by atoms with Crippen molar-refractivity contribution in [2.45, 2.75) is 8.74 Å². The van der Waals surface area contributed by atoms with Crippen molar-refractivity contribution in [1.29, 1.82) is 0 Å². The molecule has 82 valence electrons. The minimum absolute atomic E-state index is 0.333. The van der Waals surface area contributed by atoms with Crippen molar-refractivity contribution < 1.29 is 4.79 Å². The van der Waals surface area contributed by atoms with E-state index in [4.69, 9.17) is 34.8 Å². The predicted octanol–water partition coefficient (Wildman–Crippen LogP) is 3.51. The third-order valence-corrected chi connectivity index (χ3v) is 3.40. The Morgan fingerprint density at radius 1 is 1.33 bits per heavy atom. The highest BCUT2D eigenvalue weighted by Gasteiger charge is 2.31. The van der Waals surface area contributed by atoms with Gasteiger partial charge in [0.15, 0.2) is 0 Å². The first kappa shape index (κ1) is 13.1. The highest BCUT2D eigenvalue weighted by atomic mass is 79.9. The summed E-state index contributed by atoms with van der Waals surface area (Å²) >= 11 is 20.0. The van der Waals surface area contributed by atoms with Crippen LogP contribution in [0.15, 0.2) is 30.3 Å². The third kappa shape index (κ3) is 4.19. The van der Waals surface area contributed by atoms with Crippen molar-refractivity contribution in [3.8, 4) is 0 Å². The van der Waals surface area contributed by atoms with Gasteiger partial charge in [-0.1, -0.05) is 53.0 Å². The summed E-state index contributed by atoms with van der Waals surface area (Å²) in [6.07, 6.45) is 0. The van der Waals surface area contributed by atoms with Gasteiger partial charge in [-0.2, -0.15) is 0 Å². The zero-order valence-electron chi connectivity index (χ0n) is 7.38. The van der Waals surface area contributed by atoms with Crippen LogP contribution in [0, 0.1) is 0 Å². The largest absolute Gasteiger partial charge is 0.332 e. The van der Waals surface area contributed by atoms with Gasteiger partial charge < -0.3 is 5.32 Å². The van der Waals surface area contributed by atoms with E-state index in [9.17, 15) is 4.79 Å². The molecule has 1 amide bonds. The molecule has 2 nitrogen and oxygen atoms in total. The summed E-state index contributed by atoms with van der Waals surface area (Å²) < 4.78 is -1.39. The zero-order valence-corrected chi connectivity index (χ0v) is 11.2. The van der Waals surface area contributed by atoms with Crippen LogP contribution >= 0.6 is 50.7 Å². The lowest BCUT2D eigenvalue weighted by Gasteiger charge is -2.19. The van der Waals surface area contributed by atoms with E-state index in [1.807, 2.05) is 6.07 Å². The van der Waals surface area contributed by atoms with Gasteiger partial charge in [-0.15, -0.1) is 0 Å². The number of rotatable bonds is 3. The lowest BCUT2D eigenvalue weighted by molar-refractivity contribution is 0.0949. The molecule has 1 unspecified atom stereocenters. The van der Waals surface area contributed by atoms with Gasteiger partial charge in [-0.05, 0) is 28.1 Å². The van der Waals surface area contributed by atoms with Crippen LogP contribution in [0.4, 0.5) is 0 Å². The van der Waals surface area contributed by atoms with Crippen molar-refractivity contribution in [3.63, 3.8) is 0 Å². The normalized spacial score (nSPS) is 13.3. The fraction of sp³-hybridized carbons (Fsp3) is 0.222. The van der Waals surface area contributed by atoms with E-state index in [2.05, 4.69) is 21.2 Å². The molecule has 0 aliphatic rings. The molecule has 0 saturated heterocycles. The van der Waals surface area contributed by atoms with Crippen LogP contribution in [0.2, 0.25) is 0 Å². The van der Waals surface area contributed by atoms with Gasteiger partial charge in [0.1, 0.15) is 5.50 Å². The Morgan fingerprint density at radius 2 is 1.87 bits per heavy atom. The van der Waals surface area contributed by atoms with E-state index in [0.717, 1.165) is 0 Å². The van der Waals surface area contributed by atoms with Crippen molar-refractivity contribution in [2.75, 3.05) is 0 Å². The summed E-state index contributed by atoms with van der Waals surface area (Å²) in [4.78, 5) is 11.6. The minimum Gasteiger partial charge on any atom is -0.332 e. The molecule has 1 N–H and O–H groups in total. The lowest BCUT2D eigenvalue weighted by Crippen LogP contribution is -2.39. The highest BCUT2D eigenvalue weighted by molar-refractivity contribution is 9.11. The van der Waals surface area contributed by atoms with Gasteiger partial charge in [0.05, 0.1) is 0 Å². The van der Waals surface area contributed by atoms with Crippen molar-refractivity contribution in [3.05, 3.63) is 35.9 Å². The number of hydrogen-bond acceptors (Lipinski definition) is 1. The van der Waals surface area contributed by atoms with E-state index in [-0.39, 0.29) is 5.91 Å². The summed E-state index contributed by atoms with van der Waals surface area (Å²) in [6.45, 7) is 0. The van der Waals surface area contributed by atoms with Crippen molar-refractivity contribution >= 4 is 56.6 Å². The first-order valence-electron chi connectivity index (χ1n) is 3.98. The molecule has 0 spiro atoms. The average molecular weight is 331 g/mol. The van der Waals surface area contributed by atoms with Crippen LogP contribution in [0.5, 0.6) is 0 Å². The fourth-order valence-electron chi connectivity index (χ4n) is 0.870. The number of halogens is 4. The van der Waals surface area contributed by atoms with Crippen LogP contribution in [-0.2, 0) is 0 Å². The second-order valence-electron chi connectivity index (χ2n) is 2.74. The molecule has 0 aliphatic heterocycles. The summed E-state index contributed by atoms with van der Waals surface area (Å²) in [5.41, 5.74) is -0.429. The van der Waals surface area contributed by atoms with Crippen LogP contribution < -0.4 is 5.32 Å². The van der Waals surface area contributed by atoms with Gasteiger partial charge in [0.25, 0.3) is 5.91 Å². The van der Waals surface area contributed by atoms with E-state index in [1.165, 1.54) is 0 Å². The number of carbonyl (C=O) groups is 1. The Bertz CT molecular complexity index is 339. The molecule has 0 aromatic heterocycles. The molecule has 15 heavy (non-hydrogen) atoms. The monoisotopic (exact) mass is 329 g/mol. The van der Waals surface area contributed by atoms with Gasteiger partial charge in [-0.25, -0.2) is 0 Å². The second-order valence-corrected chi connectivity index (χ2v) is 6.73. The number of amides is 1. The number of benzene rings is 1. The summed E-state index contributed by atoms with van der Waals surface area (Å²) in [6, 6.07) is 8.64. The molecule has 1 aromatic carbocycles. The fourth-order valence-corrected chi connectivity index (χ4v) is 1.19. The Hall–Kier alpha value is 0.0400. The Morgan fingerprint density at radius 3 is 2.33 bits per heavy atom. The molecule has 1 aromatic rings. The van der Waals surface area contributed by atoms with Crippen molar-refractivity contribution in [2.24, 2.45) is 0 Å². The number of nitrogens with one attached hydrogen (secondary N) is 1. The molecule has 0 radical (unpaired) electrons. The molecular formula is C9H7BrCl3NO. The average Bonchev–Trinajstić information content (AvgIpc) is 2.17. The Labute approximate surface area is 111 Å². The smallest absolute Gasteiger partial charge is 0.252 e. The molecule has 6 heteroatoms. The zero-order chi connectivity index (χ0) is 11.5.